The van der Waals surface area contributed by atoms with Crippen molar-refractivity contribution in [1.82, 2.24) is 0 Å². The predicted octanol–water partition coefficient (Wildman–Crippen LogP) is 5.51. The second-order valence-corrected chi connectivity index (χ2v) is 8.39. The zero-order valence-electron chi connectivity index (χ0n) is 16.6. The molecule has 158 valence electrons. The molecule has 1 aliphatic carbocycles. The predicted molar refractivity (Wildman–Crippen MR) is 127 cm³/mol. The van der Waals surface area contributed by atoms with Crippen LogP contribution in [-0.4, -0.2) is 16.5 Å². The molecule has 1 aliphatic rings. The van der Waals surface area contributed by atoms with Crippen LogP contribution in [0, 0.1) is 20.6 Å². The van der Waals surface area contributed by atoms with Crippen LogP contribution < -0.4 is 10.7 Å². The van der Waals surface area contributed by atoms with E-state index in [9.17, 15) is 14.9 Å². The van der Waals surface area contributed by atoms with E-state index in [4.69, 9.17) is 4.42 Å². The summed E-state index contributed by atoms with van der Waals surface area (Å²) in [6, 6.07) is 13.6. The molecule has 1 aromatic heterocycles. The summed E-state index contributed by atoms with van der Waals surface area (Å²) in [6.45, 7) is 1.86. The maximum atomic E-state index is 12.8. The van der Waals surface area contributed by atoms with Crippen molar-refractivity contribution in [3.63, 3.8) is 0 Å². The molecule has 31 heavy (non-hydrogen) atoms. The molecule has 0 bridgehead atoms. The normalized spacial score (nSPS) is 14.2. The van der Waals surface area contributed by atoms with Gasteiger partial charge < -0.3 is 9.73 Å². The summed E-state index contributed by atoms with van der Waals surface area (Å²) in [5, 5.41) is 18.2. The van der Waals surface area contributed by atoms with E-state index in [1.165, 1.54) is 12.1 Å². The molecule has 0 saturated carbocycles. The number of fused-ring (bicyclic) bond motifs is 1. The van der Waals surface area contributed by atoms with Gasteiger partial charge in [0.25, 0.3) is 11.6 Å². The van der Waals surface area contributed by atoms with E-state index in [-0.39, 0.29) is 17.4 Å². The Morgan fingerprint density at radius 2 is 1.77 bits per heavy atom. The Morgan fingerprint density at radius 3 is 2.45 bits per heavy atom. The third-order valence-corrected chi connectivity index (χ3v) is 5.75. The zero-order chi connectivity index (χ0) is 22.0. The molecular weight excluding hydrogens is 511 g/mol. The summed E-state index contributed by atoms with van der Waals surface area (Å²) >= 11 is 2.21. The summed E-state index contributed by atoms with van der Waals surface area (Å²) in [7, 11) is 0. The second-order valence-electron chi connectivity index (χ2n) is 7.14. The summed E-state index contributed by atoms with van der Waals surface area (Å²) in [4.78, 5) is 23.1. The van der Waals surface area contributed by atoms with Crippen molar-refractivity contribution in [3.05, 3.63) is 84.9 Å². The first-order valence-electron chi connectivity index (χ1n) is 9.69. The van der Waals surface area contributed by atoms with Gasteiger partial charge in [0.05, 0.1) is 16.3 Å². The lowest BCUT2D eigenvalue weighted by Gasteiger charge is -2.13. The SMILES string of the molecule is Cc1c(C(=O)Nc2ccc(I)cc2)oc2c1/C(=N/Nc1ccc([N+](=O)[O-])cc1)CCC2. The Kier molecular flexibility index (Phi) is 6.03. The fourth-order valence-electron chi connectivity index (χ4n) is 3.51. The highest BCUT2D eigenvalue weighted by molar-refractivity contribution is 14.1. The van der Waals surface area contributed by atoms with Crippen molar-refractivity contribution in [2.75, 3.05) is 10.7 Å². The van der Waals surface area contributed by atoms with Crippen LogP contribution in [0.1, 0.15) is 40.3 Å². The Morgan fingerprint density at radius 1 is 1.10 bits per heavy atom. The zero-order valence-corrected chi connectivity index (χ0v) is 18.8. The molecule has 1 amide bonds. The Balaban J connectivity index is 1.56. The number of hydrogen-bond donors (Lipinski definition) is 2. The maximum Gasteiger partial charge on any atom is 0.291 e. The number of nitrogens with one attached hydrogen (secondary N) is 2. The fraction of sp³-hybridized carbons (Fsp3) is 0.182. The van der Waals surface area contributed by atoms with Crippen LogP contribution in [0.2, 0.25) is 0 Å². The van der Waals surface area contributed by atoms with Crippen molar-refractivity contribution in [2.45, 2.75) is 26.2 Å². The number of aryl methyl sites for hydroxylation is 1. The molecule has 2 aromatic carbocycles. The topological polar surface area (TPSA) is 110 Å². The van der Waals surface area contributed by atoms with E-state index >= 15 is 0 Å². The van der Waals surface area contributed by atoms with Crippen LogP contribution in [0.5, 0.6) is 0 Å². The molecule has 8 nitrogen and oxygen atoms in total. The maximum absolute atomic E-state index is 12.8. The number of halogens is 1. The lowest BCUT2D eigenvalue weighted by molar-refractivity contribution is -0.384. The lowest BCUT2D eigenvalue weighted by atomic mass is 9.93. The number of non-ortho nitro benzene ring substituents is 1. The van der Waals surface area contributed by atoms with Crippen molar-refractivity contribution >= 4 is 51.3 Å². The van der Waals surface area contributed by atoms with Gasteiger partial charge in [0.15, 0.2) is 5.76 Å². The Hall–Kier alpha value is -3.21. The summed E-state index contributed by atoms with van der Waals surface area (Å²) in [5.41, 5.74) is 6.73. The highest BCUT2D eigenvalue weighted by atomic mass is 127. The summed E-state index contributed by atoms with van der Waals surface area (Å²) < 4.78 is 7.01. The van der Waals surface area contributed by atoms with Crippen LogP contribution in [0.3, 0.4) is 0 Å². The van der Waals surface area contributed by atoms with Gasteiger partial charge in [-0.05, 0) is 78.8 Å². The first-order valence-corrected chi connectivity index (χ1v) is 10.8. The minimum atomic E-state index is -0.444. The average Bonchev–Trinajstić information content (AvgIpc) is 3.11. The largest absolute Gasteiger partial charge is 0.455 e. The van der Waals surface area contributed by atoms with E-state index in [0.717, 1.165) is 45.4 Å². The van der Waals surface area contributed by atoms with E-state index in [1.807, 2.05) is 31.2 Å². The van der Waals surface area contributed by atoms with Gasteiger partial charge in [-0.2, -0.15) is 5.10 Å². The van der Waals surface area contributed by atoms with Crippen molar-refractivity contribution in [2.24, 2.45) is 5.10 Å². The van der Waals surface area contributed by atoms with Crippen LogP contribution in [0.4, 0.5) is 17.1 Å². The molecule has 3 aromatic rings. The van der Waals surface area contributed by atoms with Gasteiger partial charge in [0.1, 0.15) is 5.76 Å². The number of hydrazone groups is 1. The van der Waals surface area contributed by atoms with Crippen LogP contribution in [-0.2, 0) is 6.42 Å². The van der Waals surface area contributed by atoms with Gasteiger partial charge in [0, 0.05) is 38.9 Å². The van der Waals surface area contributed by atoms with Gasteiger partial charge >= 0.3 is 0 Å². The fourth-order valence-corrected chi connectivity index (χ4v) is 3.87. The number of anilines is 2. The number of benzene rings is 2. The third-order valence-electron chi connectivity index (χ3n) is 5.03. The lowest BCUT2D eigenvalue weighted by Crippen LogP contribution is -2.14. The number of hydrogen-bond acceptors (Lipinski definition) is 6. The number of furan rings is 1. The Bertz CT molecular complexity index is 1170. The molecule has 0 radical (unpaired) electrons. The third kappa shape index (κ3) is 4.61. The van der Waals surface area contributed by atoms with Crippen molar-refractivity contribution in [1.29, 1.82) is 0 Å². The van der Waals surface area contributed by atoms with E-state index in [2.05, 4.69) is 38.4 Å². The molecule has 9 heteroatoms. The first kappa shape index (κ1) is 21.0. The minimum absolute atomic E-state index is 0.0209. The summed E-state index contributed by atoms with van der Waals surface area (Å²) in [6.07, 6.45) is 2.34. The highest BCUT2D eigenvalue weighted by Gasteiger charge is 2.28. The molecule has 0 unspecified atom stereocenters. The van der Waals surface area contributed by atoms with Gasteiger partial charge in [-0.15, -0.1) is 0 Å². The van der Waals surface area contributed by atoms with Crippen LogP contribution in [0.15, 0.2) is 58.0 Å². The number of carbonyl (C=O) groups is 1. The molecule has 4 rings (SSSR count). The number of nitrogens with zero attached hydrogens (tertiary/aromatic N) is 2. The van der Waals surface area contributed by atoms with Gasteiger partial charge in [-0.1, -0.05) is 0 Å². The number of amides is 1. The Labute approximate surface area is 192 Å². The van der Waals surface area contributed by atoms with E-state index < -0.39 is 4.92 Å². The molecule has 0 atom stereocenters. The second kappa shape index (κ2) is 8.88. The summed E-state index contributed by atoms with van der Waals surface area (Å²) in [5.74, 6) is 0.741. The van der Waals surface area contributed by atoms with Gasteiger partial charge in [0.2, 0.25) is 0 Å². The highest BCUT2D eigenvalue weighted by Crippen LogP contribution is 2.30. The van der Waals surface area contributed by atoms with E-state index in [0.29, 0.717) is 11.4 Å². The smallest absolute Gasteiger partial charge is 0.291 e. The monoisotopic (exact) mass is 530 g/mol. The quantitative estimate of drug-likeness (QED) is 0.257. The molecule has 2 N–H and O–H groups in total. The van der Waals surface area contributed by atoms with Crippen molar-refractivity contribution < 1.29 is 14.1 Å². The standard InChI is InChI=1S/C22H19IN4O4/c1-13-20-18(26-25-16-9-11-17(12-10-16)27(29)30)3-2-4-19(20)31-21(13)22(28)24-15-7-5-14(23)6-8-15/h5-12,25H,2-4H2,1H3,(H,24,28)/b26-18+. The van der Waals surface area contributed by atoms with Crippen LogP contribution >= 0.6 is 22.6 Å². The van der Waals surface area contributed by atoms with Crippen LogP contribution in [0.25, 0.3) is 0 Å². The molecule has 0 saturated heterocycles. The average molecular weight is 530 g/mol. The molecule has 0 fully saturated rings. The number of nitro groups is 1. The van der Waals surface area contributed by atoms with Gasteiger partial charge in [-0.3, -0.25) is 20.3 Å². The molecular formula is C22H19IN4O4. The molecule has 0 spiro atoms. The minimum Gasteiger partial charge on any atom is -0.455 e. The van der Waals surface area contributed by atoms with Crippen molar-refractivity contribution in [3.8, 4) is 0 Å². The number of rotatable bonds is 5. The molecule has 0 aliphatic heterocycles. The van der Waals surface area contributed by atoms with E-state index in [1.54, 1.807) is 12.1 Å². The molecule has 1 heterocycles. The first-order chi connectivity index (χ1) is 14.9. The van der Waals surface area contributed by atoms with Gasteiger partial charge in [-0.25, -0.2) is 0 Å². The number of carbonyl (C=O) groups excluding carboxylic acids is 1. The number of nitro benzene ring substituents is 1.